The summed E-state index contributed by atoms with van der Waals surface area (Å²) in [6, 6.07) is 7.27. The van der Waals surface area contributed by atoms with Gasteiger partial charge in [0.15, 0.2) is 0 Å². The molecular formula is C12H9ClFNO2. The first kappa shape index (κ1) is 11.7. The van der Waals surface area contributed by atoms with Gasteiger partial charge >= 0.3 is 5.97 Å². The maximum Gasteiger partial charge on any atom is 0.352 e. The number of hydrogen-bond donors (Lipinski definition) is 1. The predicted octanol–water partition coefficient (Wildman–Crippen LogP) is 3.03. The smallest absolute Gasteiger partial charge is 0.352 e. The highest BCUT2D eigenvalue weighted by Crippen LogP contribution is 2.17. The van der Waals surface area contributed by atoms with Gasteiger partial charge in [-0.15, -0.1) is 0 Å². The molecule has 0 aliphatic heterocycles. The number of nitrogens with zero attached hydrogens (tertiary/aromatic N) is 1. The Hall–Kier alpha value is -1.81. The SMILES string of the molecule is O=C(O)c1cccn1Cc1cc(Cl)ccc1F. The standard InChI is InChI=1S/C12H9ClFNO2/c13-9-3-4-10(14)8(6-9)7-15-5-1-2-11(15)12(16)17/h1-6H,7H2,(H,16,17). The van der Waals surface area contributed by atoms with Crippen LogP contribution in [0.4, 0.5) is 4.39 Å². The van der Waals surface area contributed by atoms with Gasteiger partial charge < -0.3 is 9.67 Å². The molecule has 1 aromatic heterocycles. The number of carboxylic acids is 1. The van der Waals surface area contributed by atoms with E-state index in [4.69, 9.17) is 16.7 Å². The third kappa shape index (κ3) is 2.47. The fourth-order valence-electron chi connectivity index (χ4n) is 1.59. The summed E-state index contributed by atoms with van der Waals surface area (Å²) in [6.45, 7) is 0.140. The van der Waals surface area contributed by atoms with Crippen molar-refractivity contribution in [1.29, 1.82) is 0 Å². The highest BCUT2D eigenvalue weighted by atomic mass is 35.5. The van der Waals surface area contributed by atoms with Crippen LogP contribution in [0.1, 0.15) is 16.1 Å². The summed E-state index contributed by atoms with van der Waals surface area (Å²) in [4.78, 5) is 10.9. The predicted molar refractivity (Wildman–Crippen MR) is 61.9 cm³/mol. The topological polar surface area (TPSA) is 42.2 Å². The third-order valence-corrected chi connectivity index (χ3v) is 2.63. The Labute approximate surface area is 102 Å². The van der Waals surface area contributed by atoms with Gasteiger partial charge in [-0.3, -0.25) is 0 Å². The molecule has 0 saturated heterocycles. The second-order valence-electron chi connectivity index (χ2n) is 3.56. The average molecular weight is 254 g/mol. The van der Waals surface area contributed by atoms with Crippen LogP contribution in [0.5, 0.6) is 0 Å². The Kier molecular flexibility index (Phi) is 3.15. The van der Waals surface area contributed by atoms with Crippen molar-refractivity contribution < 1.29 is 14.3 Å². The number of benzene rings is 1. The van der Waals surface area contributed by atoms with Gasteiger partial charge in [0.2, 0.25) is 0 Å². The monoisotopic (exact) mass is 253 g/mol. The summed E-state index contributed by atoms with van der Waals surface area (Å²) in [7, 11) is 0. The zero-order valence-corrected chi connectivity index (χ0v) is 9.49. The summed E-state index contributed by atoms with van der Waals surface area (Å²) in [5, 5.41) is 9.34. The van der Waals surface area contributed by atoms with Crippen molar-refractivity contribution in [3.63, 3.8) is 0 Å². The Morgan fingerprint density at radius 3 is 2.88 bits per heavy atom. The zero-order valence-electron chi connectivity index (χ0n) is 8.73. The maximum absolute atomic E-state index is 13.5. The summed E-state index contributed by atoms with van der Waals surface area (Å²) in [6.07, 6.45) is 1.59. The molecule has 88 valence electrons. The summed E-state index contributed by atoms with van der Waals surface area (Å²) < 4.78 is 14.9. The quantitative estimate of drug-likeness (QED) is 0.914. The first-order valence-corrected chi connectivity index (χ1v) is 5.28. The number of carbonyl (C=O) groups is 1. The van der Waals surface area contributed by atoms with Crippen LogP contribution in [0.2, 0.25) is 5.02 Å². The molecule has 5 heteroatoms. The molecule has 0 atom stereocenters. The molecule has 0 radical (unpaired) electrons. The van der Waals surface area contributed by atoms with E-state index in [2.05, 4.69) is 0 Å². The van der Waals surface area contributed by atoms with Crippen LogP contribution in [0.3, 0.4) is 0 Å². The molecule has 0 saturated carbocycles. The van der Waals surface area contributed by atoms with Crippen LogP contribution >= 0.6 is 11.6 Å². The Bertz CT molecular complexity index is 565. The lowest BCUT2D eigenvalue weighted by Crippen LogP contribution is -2.09. The summed E-state index contributed by atoms with van der Waals surface area (Å²) in [5.41, 5.74) is 0.473. The van der Waals surface area contributed by atoms with Gasteiger partial charge in [-0.05, 0) is 30.3 Å². The van der Waals surface area contributed by atoms with Crippen LogP contribution in [0.15, 0.2) is 36.5 Å². The Balaban J connectivity index is 2.34. The van der Waals surface area contributed by atoms with E-state index >= 15 is 0 Å². The van der Waals surface area contributed by atoms with E-state index in [9.17, 15) is 9.18 Å². The van der Waals surface area contributed by atoms with E-state index in [1.54, 1.807) is 12.3 Å². The minimum atomic E-state index is -1.04. The maximum atomic E-state index is 13.5. The number of rotatable bonds is 3. The highest BCUT2D eigenvalue weighted by Gasteiger charge is 2.11. The molecule has 2 aromatic rings. The van der Waals surface area contributed by atoms with Crippen molar-refractivity contribution in [3.05, 3.63) is 58.6 Å². The second-order valence-corrected chi connectivity index (χ2v) is 4.00. The number of halogens is 2. The van der Waals surface area contributed by atoms with Crippen molar-refractivity contribution >= 4 is 17.6 Å². The molecule has 0 aliphatic carbocycles. The van der Waals surface area contributed by atoms with Crippen LogP contribution in [0, 0.1) is 5.82 Å². The van der Waals surface area contributed by atoms with Crippen molar-refractivity contribution in [3.8, 4) is 0 Å². The third-order valence-electron chi connectivity index (χ3n) is 2.40. The van der Waals surface area contributed by atoms with E-state index in [0.717, 1.165) is 0 Å². The fraction of sp³-hybridized carbons (Fsp3) is 0.0833. The summed E-state index contributed by atoms with van der Waals surface area (Å²) in [5.74, 6) is -1.45. The van der Waals surface area contributed by atoms with Crippen LogP contribution < -0.4 is 0 Å². The molecule has 0 bridgehead atoms. The van der Waals surface area contributed by atoms with Gasteiger partial charge in [-0.2, -0.15) is 0 Å². The van der Waals surface area contributed by atoms with Crippen molar-refractivity contribution in [2.45, 2.75) is 6.54 Å². The first-order chi connectivity index (χ1) is 8.08. The normalized spacial score (nSPS) is 10.5. The van der Waals surface area contributed by atoms with E-state index in [0.29, 0.717) is 10.6 Å². The molecule has 1 aromatic carbocycles. The molecule has 17 heavy (non-hydrogen) atoms. The lowest BCUT2D eigenvalue weighted by atomic mass is 10.2. The largest absolute Gasteiger partial charge is 0.477 e. The Morgan fingerprint density at radius 2 is 2.18 bits per heavy atom. The first-order valence-electron chi connectivity index (χ1n) is 4.90. The van der Waals surface area contributed by atoms with Crippen molar-refractivity contribution in [2.24, 2.45) is 0 Å². The molecular weight excluding hydrogens is 245 g/mol. The zero-order chi connectivity index (χ0) is 12.4. The lowest BCUT2D eigenvalue weighted by molar-refractivity contribution is 0.0685. The lowest BCUT2D eigenvalue weighted by Gasteiger charge is -2.07. The van der Waals surface area contributed by atoms with Crippen molar-refractivity contribution in [2.75, 3.05) is 0 Å². The number of hydrogen-bond acceptors (Lipinski definition) is 1. The average Bonchev–Trinajstić information content (AvgIpc) is 2.71. The Morgan fingerprint density at radius 1 is 1.41 bits per heavy atom. The van der Waals surface area contributed by atoms with Crippen LogP contribution in [-0.4, -0.2) is 15.6 Å². The van der Waals surface area contributed by atoms with E-state index < -0.39 is 11.8 Å². The van der Waals surface area contributed by atoms with Gasteiger partial charge in [0.1, 0.15) is 11.5 Å². The molecule has 3 nitrogen and oxygen atoms in total. The van der Waals surface area contributed by atoms with Crippen molar-refractivity contribution in [1.82, 2.24) is 4.57 Å². The highest BCUT2D eigenvalue weighted by molar-refractivity contribution is 6.30. The van der Waals surface area contributed by atoms with Gasteiger partial charge in [0.05, 0.1) is 6.54 Å². The number of aromatic carboxylic acids is 1. The summed E-state index contributed by atoms with van der Waals surface area (Å²) >= 11 is 5.77. The molecule has 2 rings (SSSR count). The fourth-order valence-corrected chi connectivity index (χ4v) is 1.79. The van der Waals surface area contributed by atoms with Gasteiger partial charge in [-0.25, -0.2) is 9.18 Å². The number of carboxylic acid groups (broad SMARTS) is 1. The van der Waals surface area contributed by atoms with E-state index in [1.807, 2.05) is 0 Å². The minimum Gasteiger partial charge on any atom is -0.477 e. The number of aromatic nitrogens is 1. The van der Waals surface area contributed by atoms with Gasteiger partial charge in [-0.1, -0.05) is 11.6 Å². The molecule has 0 amide bonds. The molecule has 1 heterocycles. The van der Waals surface area contributed by atoms with Crippen LogP contribution in [0.25, 0.3) is 0 Å². The molecule has 0 fully saturated rings. The van der Waals surface area contributed by atoms with E-state index in [1.165, 1.54) is 28.8 Å². The van der Waals surface area contributed by atoms with Gasteiger partial charge in [0.25, 0.3) is 0 Å². The van der Waals surface area contributed by atoms with E-state index in [-0.39, 0.29) is 12.2 Å². The second kappa shape index (κ2) is 4.59. The van der Waals surface area contributed by atoms with Crippen LogP contribution in [-0.2, 0) is 6.54 Å². The molecule has 1 N–H and O–H groups in total. The minimum absolute atomic E-state index is 0.115. The molecule has 0 aliphatic rings. The molecule has 0 unspecified atom stereocenters. The molecule has 0 spiro atoms. The van der Waals surface area contributed by atoms with Gasteiger partial charge in [0, 0.05) is 16.8 Å².